The Hall–Kier alpha value is -5.34. The first-order valence-electron chi connectivity index (χ1n) is 14.9. The lowest BCUT2D eigenvalue weighted by molar-refractivity contribution is 0.660. The summed E-state index contributed by atoms with van der Waals surface area (Å²) in [4.78, 5) is 2.38. The minimum atomic E-state index is -0.0654. The first kappa shape index (κ1) is 25.4. The third-order valence-electron chi connectivity index (χ3n) is 9.04. The monoisotopic (exact) mass is 552 g/mol. The fraction of sp³-hybridized carbons (Fsp3) is 0.0732. The van der Waals surface area contributed by atoms with Gasteiger partial charge in [-0.3, -0.25) is 0 Å². The van der Waals surface area contributed by atoms with Gasteiger partial charge in [0.25, 0.3) is 0 Å². The largest absolute Gasteiger partial charge is 0.317 e. The van der Waals surface area contributed by atoms with Crippen LogP contribution in [-0.4, -0.2) is 4.57 Å². The van der Waals surface area contributed by atoms with E-state index in [4.69, 9.17) is 0 Å². The number of aromatic nitrogens is 1. The highest BCUT2D eigenvalue weighted by Crippen LogP contribution is 2.50. The van der Waals surface area contributed by atoms with Crippen molar-refractivity contribution in [3.8, 4) is 27.9 Å². The molecule has 6 aromatic carbocycles. The quantitative estimate of drug-likeness (QED) is 0.206. The molecule has 0 spiro atoms. The molecule has 0 radical (unpaired) electrons. The molecule has 43 heavy (non-hydrogen) atoms. The van der Waals surface area contributed by atoms with Crippen LogP contribution in [0.4, 0.5) is 17.1 Å². The molecule has 0 unspecified atom stereocenters. The van der Waals surface area contributed by atoms with E-state index in [0.29, 0.717) is 0 Å². The van der Waals surface area contributed by atoms with Crippen molar-refractivity contribution in [3.05, 3.63) is 169 Å². The van der Waals surface area contributed by atoms with E-state index in [1.54, 1.807) is 0 Å². The maximum atomic E-state index is 2.40. The van der Waals surface area contributed by atoms with E-state index in [1.165, 1.54) is 44.3 Å². The second-order valence-corrected chi connectivity index (χ2v) is 11.9. The zero-order valence-corrected chi connectivity index (χ0v) is 24.4. The Balaban J connectivity index is 1.24. The minimum absolute atomic E-state index is 0.0654. The summed E-state index contributed by atoms with van der Waals surface area (Å²) < 4.78 is 2.26. The number of benzene rings is 6. The van der Waals surface area contributed by atoms with E-state index in [0.717, 1.165) is 22.7 Å². The van der Waals surface area contributed by atoms with Gasteiger partial charge in [-0.2, -0.15) is 0 Å². The van der Waals surface area contributed by atoms with E-state index in [-0.39, 0.29) is 5.41 Å². The highest BCUT2D eigenvalue weighted by molar-refractivity contribution is 5.86. The van der Waals surface area contributed by atoms with Crippen molar-refractivity contribution in [1.29, 1.82) is 0 Å². The number of anilines is 3. The van der Waals surface area contributed by atoms with Crippen LogP contribution in [0.15, 0.2) is 158 Å². The number of nitrogens with zero attached hydrogens (tertiary/aromatic N) is 2. The van der Waals surface area contributed by atoms with Gasteiger partial charge in [0.15, 0.2) is 0 Å². The summed E-state index contributed by atoms with van der Waals surface area (Å²) in [6, 6.07) is 54.9. The molecule has 0 N–H and O–H groups in total. The molecule has 0 atom stereocenters. The van der Waals surface area contributed by atoms with E-state index in [9.17, 15) is 0 Å². The van der Waals surface area contributed by atoms with Crippen LogP contribution in [0.25, 0.3) is 38.8 Å². The molecular weight excluding hydrogens is 520 g/mol. The van der Waals surface area contributed by atoms with Gasteiger partial charge >= 0.3 is 0 Å². The normalized spacial score (nSPS) is 13.1. The summed E-state index contributed by atoms with van der Waals surface area (Å²) in [6.45, 7) is 4.69. The van der Waals surface area contributed by atoms with E-state index < -0.39 is 0 Å². The minimum Gasteiger partial charge on any atom is -0.317 e. The van der Waals surface area contributed by atoms with Gasteiger partial charge in [0.2, 0.25) is 0 Å². The summed E-state index contributed by atoms with van der Waals surface area (Å²) in [5.74, 6) is 0. The average molecular weight is 553 g/mol. The smallest absolute Gasteiger partial charge is 0.0528 e. The van der Waals surface area contributed by atoms with Crippen LogP contribution in [0, 0.1) is 0 Å². The topological polar surface area (TPSA) is 8.17 Å². The van der Waals surface area contributed by atoms with Crippen LogP contribution in [0.2, 0.25) is 0 Å². The Kier molecular flexibility index (Phi) is 5.84. The molecular formula is C41H32N2. The Morgan fingerprint density at radius 1 is 0.488 bits per heavy atom. The van der Waals surface area contributed by atoms with E-state index in [2.05, 4.69) is 181 Å². The van der Waals surface area contributed by atoms with E-state index in [1.807, 2.05) is 0 Å². The number of hydrogen-bond donors (Lipinski definition) is 0. The van der Waals surface area contributed by atoms with Crippen molar-refractivity contribution in [2.24, 2.45) is 0 Å². The maximum absolute atomic E-state index is 2.40. The Labute approximate surface area is 253 Å². The van der Waals surface area contributed by atoms with Crippen molar-refractivity contribution >= 4 is 28.0 Å². The molecule has 8 rings (SSSR count). The van der Waals surface area contributed by atoms with Crippen molar-refractivity contribution in [2.45, 2.75) is 19.3 Å². The molecule has 206 valence electrons. The maximum Gasteiger partial charge on any atom is 0.0528 e. The highest BCUT2D eigenvalue weighted by Gasteiger charge is 2.35. The van der Waals surface area contributed by atoms with E-state index >= 15 is 0 Å². The second-order valence-electron chi connectivity index (χ2n) is 11.9. The van der Waals surface area contributed by atoms with Gasteiger partial charge in [-0.15, -0.1) is 0 Å². The molecule has 1 aliphatic carbocycles. The van der Waals surface area contributed by atoms with Gasteiger partial charge in [-0.05, 0) is 99.4 Å². The number of rotatable bonds is 5. The van der Waals surface area contributed by atoms with Crippen molar-refractivity contribution in [3.63, 3.8) is 0 Å². The molecule has 1 heterocycles. The SMILES string of the molecule is CC1(C)c2ccccc2-c2ccc(N(c3ccc(-c4ccccc4)cc3)c3ccc(-n4ccc5ccccc54)cc3)cc21. The summed E-state index contributed by atoms with van der Waals surface area (Å²) in [5, 5.41) is 1.24. The van der Waals surface area contributed by atoms with Crippen molar-refractivity contribution in [2.75, 3.05) is 4.90 Å². The third kappa shape index (κ3) is 4.18. The lowest BCUT2D eigenvalue weighted by Crippen LogP contribution is -2.16. The predicted molar refractivity (Wildman–Crippen MR) is 181 cm³/mol. The number of hydrogen-bond acceptors (Lipinski definition) is 1. The van der Waals surface area contributed by atoms with Gasteiger partial charge in [0.05, 0.1) is 5.52 Å². The third-order valence-corrected chi connectivity index (χ3v) is 9.04. The van der Waals surface area contributed by atoms with Gasteiger partial charge < -0.3 is 9.47 Å². The number of para-hydroxylation sites is 1. The molecule has 0 saturated heterocycles. The Morgan fingerprint density at radius 2 is 1.09 bits per heavy atom. The first-order chi connectivity index (χ1) is 21.1. The zero-order valence-electron chi connectivity index (χ0n) is 24.4. The van der Waals surface area contributed by atoms with Gasteiger partial charge in [0.1, 0.15) is 0 Å². The molecule has 2 heteroatoms. The molecule has 1 aliphatic rings. The van der Waals surface area contributed by atoms with Crippen LogP contribution in [-0.2, 0) is 5.41 Å². The standard InChI is InChI=1S/C41H32N2/c1-41(2)38-14-8-7-13-36(38)37-25-24-35(28-39(37)41)43(33-18-16-30(17-19-33)29-10-4-3-5-11-29)34-22-20-32(21-23-34)42-27-26-31-12-6-9-15-40(31)42/h3-28H,1-2H3. The summed E-state index contributed by atoms with van der Waals surface area (Å²) >= 11 is 0. The fourth-order valence-electron chi connectivity index (χ4n) is 6.78. The van der Waals surface area contributed by atoms with Gasteiger partial charge in [0, 0.05) is 34.4 Å². The molecule has 0 aliphatic heterocycles. The summed E-state index contributed by atoms with van der Waals surface area (Å²) in [6.07, 6.45) is 2.15. The van der Waals surface area contributed by atoms with Crippen molar-refractivity contribution < 1.29 is 0 Å². The molecule has 7 aromatic rings. The molecule has 1 aromatic heterocycles. The van der Waals surface area contributed by atoms with Crippen molar-refractivity contribution in [1.82, 2.24) is 4.57 Å². The van der Waals surface area contributed by atoms with Crippen LogP contribution in [0.5, 0.6) is 0 Å². The Morgan fingerprint density at radius 3 is 1.88 bits per heavy atom. The van der Waals surface area contributed by atoms with Crippen LogP contribution in [0.1, 0.15) is 25.0 Å². The molecule has 0 bridgehead atoms. The fourth-order valence-corrected chi connectivity index (χ4v) is 6.78. The van der Waals surface area contributed by atoms with Gasteiger partial charge in [-0.25, -0.2) is 0 Å². The highest BCUT2D eigenvalue weighted by atomic mass is 15.1. The average Bonchev–Trinajstić information content (AvgIpc) is 3.59. The van der Waals surface area contributed by atoms with Crippen LogP contribution >= 0.6 is 0 Å². The Bertz CT molecular complexity index is 2080. The molecule has 2 nitrogen and oxygen atoms in total. The predicted octanol–water partition coefficient (Wildman–Crippen LogP) is 11.1. The van der Waals surface area contributed by atoms with Gasteiger partial charge in [-0.1, -0.05) is 105 Å². The van der Waals surface area contributed by atoms with Crippen LogP contribution < -0.4 is 4.90 Å². The second kappa shape index (κ2) is 9.89. The summed E-state index contributed by atoms with van der Waals surface area (Å²) in [5.41, 5.74) is 13.6. The molecule has 0 amide bonds. The molecule has 0 fully saturated rings. The molecule has 0 saturated carbocycles. The first-order valence-corrected chi connectivity index (χ1v) is 14.9. The van der Waals surface area contributed by atoms with Crippen LogP contribution in [0.3, 0.4) is 0 Å². The number of fused-ring (bicyclic) bond motifs is 4. The lowest BCUT2D eigenvalue weighted by atomic mass is 9.82. The lowest BCUT2D eigenvalue weighted by Gasteiger charge is -2.28. The zero-order chi connectivity index (χ0) is 29.0. The summed E-state index contributed by atoms with van der Waals surface area (Å²) in [7, 11) is 0.